The molecule has 4 aromatic heterocycles. The molecule has 4 aromatic rings. The molecule has 11 nitrogen and oxygen atoms in total. The number of pyridine rings is 1. The van der Waals surface area contributed by atoms with E-state index >= 15 is 0 Å². The third-order valence-electron chi connectivity index (χ3n) is 4.84. The Bertz CT molecular complexity index is 1490. The molecule has 0 bridgehead atoms. The third-order valence-corrected chi connectivity index (χ3v) is 4.84. The minimum absolute atomic E-state index is 0.00635. The molecule has 0 amide bonds. The van der Waals surface area contributed by atoms with Crippen LogP contribution in [0.4, 0.5) is 19.1 Å². The van der Waals surface area contributed by atoms with Crippen LogP contribution < -0.4 is 21.8 Å². The third kappa shape index (κ3) is 4.26. The van der Waals surface area contributed by atoms with Crippen molar-refractivity contribution in [3.8, 4) is 5.88 Å². The summed E-state index contributed by atoms with van der Waals surface area (Å²) in [5, 5.41) is 16.7. The average molecular weight is 459 g/mol. The zero-order valence-corrected chi connectivity index (χ0v) is 16.7. The molecule has 0 saturated heterocycles. The van der Waals surface area contributed by atoms with Crippen LogP contribution in [0.15, 0.2) is 40.4 Å². The van der Waals surface area contributed by atoms with Gasteiger partial charge in [-0.05, 0) is 31.1 Å². The SMILES string of the molecule is O=c1[nH]c(O)c(C=c2cnn3c(=NC4CC4)nc(NC(c4ccccn4)C(F)(F)F)nc23)[nH]1. The molecule has 0 spiro atoms. The summed E-state index contributed by atoms with van der Waals surface area (Å²) < 4.78 is 42.7. The van der Waals surface area contributed by atoms with Crippen molar-refractivity contribution >= 4 is 17.7 Å². The highest BCUT2D eigenvalue weighted by atomic mass is 19.4. The van der Waals surface area contributed by atoms with E-state index in [-0.39, 0.29) is 34.6 Å². The summed E-state index contributed by atoms with van der Waals surface area (Å²) in [6.45, 7) is 0. The molecule has 1 unspecified atom stereocenters. The lowest BCUT2D eigenvalue weighted by Gasteiger charge is -2.21. The predicted molar refractivity (Wildman–Crippen MR) is 108 cm³/mol. The second-order valence-corrected chi connectivity index (χ2v) is 7.40. The Morgan fingerprint density at radius 2 is 2.09 bits per heavy atom. The van der Waals surface area contributed by atoms with E-state index in [9.17, 15) is 23.1 Å². The first-order valence-corrected chi connectivity index (χ1v) is 9.85. The number of fused-ring (bicyclic) bond motifs is 1. The number of imidazole rings is 1. The molecule has 0 aliphatic heterocycles. The maximum atomic E-state index is 13.8. The fraction of sp³-hybridized carbons (Fsp3) is 0.263. The van der Waals surface area contributed by atoms with Crippen LogP contribution in [0.5, 0.6) is 5.88 Å². The summed E-state index contributed by atoms with van der Waals surface area (Å²) in [4.78, 5) is 32.6. The molecular weight excluding hydrogens is 443 g/mol. The Hall–Kier alpha value is -4.23. The maximum absolute atomic E-state index is 13.8. The highest BCUT2D eigenvalue weighted by Crippen LogP contribution is 2.33. The van der Waals surface area contributed by atoms with Gasteiger partial charge in [0.25, 0.3) is 5.62 Å². The van der Waals surface area contributed by atoms with Crippen LogP contribution >= 0.6 is 0 Å². The second kappa shape index (κ2) is 7.72. The van der Waals surface area contributed by atoms with Crippen molar-refractivity contribution in [3.63, 3.8) is 0 Å². The first-order valence-electron chi connectivity index (χ1n) is 9.85. The van der Waals surface area contributed by atoms with Gasteiger partial charge in [0.1, 0.15) is 5.69 Å². The molecule has 1 aliphatic rings. The summed E-state index contributed by atoms with van der Waals surface area (Å²) >= 11 is 0. The number of aromatic hydroxyl groups is 1. The average Bonchev–Trinajstić information content (AvgIpc) is 3.40. The van der Waals surface area contributed by atoms with Crippen LogP contribution in [0.2, 0.25) is 0 Å². The molecule has 5 rings (SSSR count). The van der Waals surface area contributed by atoms with Gasteiger partial charge >= 0.3 is 11.9 Å². The van der Waals surface area contributed by atoms with E-state index in [0.717, 1.165) is 12.8 Å². The Labute approximate surface area is 181 Å². The van der Waals surface area contributed by atoms with Gasteiger partial charge in [0.15, 0.2) is 11.7 Å². The second-order valence-electron chi connectivity index (χ2n) is 7.40. The van der Waals surface area contributed by atoms with Crippen molar-refractivity contribution in [2.24, 2.45) is 4.99 Å². The molecular formula is C19H16F3N9O2. The highest BCUT2D eigenvalue weighted by Gasteiger charge is 2.42. The van der Waals surface area contributed by atoms with Crippen LogP contribution in [-0.2, 0) is 0 Å². The van der Waals surface area contributed by atoms with Crippen LogP contribution in [-0.4, -0.2) is 51.9 Å². The summed E-state index contributed by atoms with van der Waals surface area (Å²) in [6.07, 6.45) is 1.03. The molecule has 1 aliphatic carbocycles. The van der Waals surface area contributed by atoms with E-state index in [4.69, 9.17) is 0 Å². The Morgan fingerprint density at radius 1 is 1.27 bits per heavy atom. The number of nitrogens with one attached hydrogen (secondary N) is 3. The van der Waals surface area contributed by atoms with E-state index in [1.807, 2.05) is 0 Å². The van der Waals surface area contributed by atoms with Gasteiger partial charge in [-0.25, -0.2) is 9.79 Å². The van der Waals surface area contributed by atoms with E-state index in [2.05, 4.69) is 40.3 Å². The lowest BCUT2D eigenvalue weighted by Crippen LogP contribution is -2.32. The molecule has 0 aromatic carbocycles. The van der Waals surface area contributed by atoms with Crippen LogP contribution in [0, 0.1) is 0 Å². The Kier molecular flexibility index (Phi) is 4.83. The molecule has 0 radical (unpaired) electrons. The van der Waals surface area contributed by atoms with E-state index in [1.165, 1.54) is 41.2 Å². The zero-order chi connectivity index (χ0) is 23.2. The van der Waals surface area contributed by atoms with Gasteiger partial charge in [0.05, 0.1) is 17.9 Å². The molecule has 170 valence electrons. The lowest BCUT2D eigenvalue weighted by molar-refractivity contribution is -0.144. The minimum Gasteiger partial charge on any atom is -0.493 e. The van der Waals surface area contributed by atoms with Crippen molar-refractivity contribution in [2.75, 3.05) is 5.32 Å². The van der Waals surface area contributed by atoms with Crippen molar-refractivity contribution in [3.05, 3.63) is 63.3 Å². The van der Waals surface area contributed by atoms with Crippen LogP contribution in [0.1, 0.15) is 30.3 Å². The van der Waals surface area contributed by atoms with E-state index in [1.54, 1.807) is 0 Å². The number of aromatic amines is 2. The number of rotatable bonds is 5. The lowest BCUT2D eigenvalue weighted by atomic mass is 10.2. The number of nitrogens with zero attached hydrogens (tertiary/aromatic N) is 6. The molecule has 1 fully saturated rings. The van der Waals surface area contributed by atoms with Crippen molar-refractivity contribution in [1.29, 1.82) is 0 Å². The van der Waals surface area contributed by atoms with Gasteiger partial charge in [-0.15, -0.1) is 0 Å². The Balaban J connectivity index is 1.66. The van der Waals surface area contributed by atoms with Crippen molar-refractivity contribution in [1.82, 2.24) is 34.5 Å². The molecule has 4 N–H and O–H groups in total. The number of alkyl halides is 3. The molecule has 33 heavy (non-hydrogen) atoms. The number of hydrogen-bond acceptors (Lipinski definition) is 8. The van der Waals surface area contributed by atoms with E-state index in [0.29, 0.717) is 5.22 Å². The van der Waals surface area contributed by atoms with Gasteiger partial charge in [-0.2, -0.15) is 32.8 Å². The number of H-pyrrole nitrogens is 2. The van der Waals surface area contributed by atoms with Gasteiger partial charge < -0.3 is 15.4 Å². The zero-order valence-electron chi connectivity index (χ0n) is 16.7. The van der Waals surface area contributed by atoms with Gasteiger partial charge in [-0.3, -0.25) is 9.97 Å². The number of anilines is 1. The maximum Gasteiger partial charge on any atom is 0.414 e. The monoisotopic (exact) mass is 459 g/mol. The molecule has 4 heterocycles. The first-order chi connectivity index (χ1) is 15.8. The summed E-state index contributed by atoms with van der Waals surface area (Å²) in [6, 6.07) is 2.07. The highest BCUT2D eigenvalue weighted by molar-refractivity contribution is 5.57. The molecule has 1 saturated carbocycles. The fourth-order valence-electron chi connectivity index (χ4n) is 3.14. The van der Waals surface area contributed by atoms with Crippen molar-refractivity contribution in [2.45, 2.75) is 31.1 Å². The summed E-state index contributed by atoms with van der Waals surface area (Å²) in [5.74, 6) is -0.723. The van der Waals surface area contributed by atoms with Gasteiger partial charge in [-0.1, -0.05) is 6.07 Å². The topological polar surface area (TPSA) is 149 Å². The Morgan fingerprint density at radius 3 is 2.73 bits per heavy atom. The van der Waals surface area contributed by atoms with Crippen LogP contribution in [0.3, 0.4) is 0 Å². The minimum atomic E-state index is -4.68. The standard InChI is InChI=1S/C19H16F3N9O2/c20-19(21,22)13(11-3-1-2-6-23-11)27-16-28-14-9(7-12-15(32)29-18(33)26-12)8-24-31(14)17(30-16)25-10-4-5-10/h1-3,6-8,10,13,32H,4-5H2,(H,25,27,30)(H2,26,29,33). The quantitative estimate of drug-likeness (QED) is 0.341. The largest absolute Gasteiger partial charge is 0.493 e. The van der Waals surface area contributed by atoms with Gasteiger partial charge in [0, 0.05) is 11.4 Å². The number of halogens is 3. The van der Waals surface area contributed by atoms with Gasteiger partial charge in [0.2, 0.25) is 11.8 Å². The molecule has 14 heteroatoms. The fourth-order valence-corrected chi connectivity index (χ4v) is 3.14. The van der Waals surface area contributed by atoms with Crippen LogP contribution in [0.25, 0.3) is 11.7 Å². The normalized spacial score (nSPS) is 16.5. The first kappa shape index (κ1) is 20.7. The summed E-state index contributed by atoms with van der Waals surface area (Å²) in [5.41, 5.74) is -0.594. The number of aromatic nitrogens is 7. The molecule has 1 atom stereocenters. The number of hydrogen-bond donors (Lipinski definition) is 4. The van der Waals surface area contributed by atoms with Crippen molar-refractivity contribution < 1.29 is 18.3 Å². The van der Waals surface area contributed by atoms with E-state index < -0.39 is 23.8 Å². The predicted octanol–water partition coefficient (Wildman–Crippen LogP) is 0.568. The smallest absolute Gasteiger partial charge is 0.414 e. The summed E-state index contributed by atoms with van der Waals surface area (Å²) in [7, 11) is 0.